The second-order valence-electron chi connectivity index (χ2n) is 6.57. The Kier molecular flexibility index (Phi) is 6.50. The van der Waals surface area contributed by atoms with Gasteiger partial charge in [0.1, 0.15) is 12.4 Å². The molecule has 0 spiro atoms. The minimum Gasteiger partial charge on any atom is -0.478 e. The number of rotatable bonds is 7. The van der Waals surface area contributed by atoms with Crippen molar-refractivity contribution in [2.75, 3.05) is 11.4 Å². The highest BCUT2D eigenvalue weighted by atomic mass is 32.2. The number of amides is 2. The lowest BCUT2D eigenvalue weighted by Gasteiger charge is -2.33. The molecule has 0 saturated carbocycles. The van der Waals surface area contributed by atoms with Crippen molar-refractivity contribution < 1.29 is 29.1 Å². The van der Waals surface area contributed by atoms with Gasteiger partial charge in [-0.3, -0.25) is 14.8 Å². The van der Waals surface area contributed by atoms with Crippen LogP contribution in [0.5, 0.6) is 0 Å². The maximum Gasteiger partial charge on any atom is 0.335 e. The lowest BCUT2D eigenvalue weighted by atomic mass is 10.1. The van der Waals surface area contributed by atoms with Crippen molar-refractivity contribution in [1.82, 2.24) is 5.48 Å². The molecule has 0 radical (unpaired) electrons. The Bertz CT molecular complexity index is 935. The molecule has 29 heavy (non-hydrogen) atoms. The summed E-state index contributed by atoms with van der Waals surface area (Å²) in [7, 11) is 0. The number of aryl methyl sites for hydroxylation is 1. The summed E-state index contributed by atoms with van der Waals surface area (Å²) in [6.45, 7) is -0.416. The largest absolute Gasteiger partial charge is 0.478 e. The van der Waals surface area contributed by atoms with Crippen LogP contribution in [0.1, 0.15) is 28.8 Å². The fourth-order valence-electron chi connectivity index (χ4n) is 3.12. The van der Waals surface area contributed by atoms with Gasteiger partial charge in [0.05, 0.1) is 16.5 Å². The van der Waals surface area contributed by atoms with Gasteiger partial charge in [-0.15, -0.1) is 11.8 Å². The van der Waals surface area contributed by atoms with Crippen molar-refractivity contribution in [2.24, 2.45) is 0 Å². The zero-order chi connectivity index (χ0) is 21.0. The summed E-state index contributed by atoms with van der Waals surface area (Å²) in [4.78, 5) is 37.8. The summed E-state index contributed by atoms with van der Waals surface area (Å²) in [5.74, 6) is -2.55. The Hall–Kier alpha value is -2.91. The van der Waals surface area contributed by atoms with Gasteiger partial charge in [-0.25, -0.2) is 14.7 Å². The predicted octanol–water partition coefficient (Wildman–Crippen LogP) is 2.86. The van der Waals surface area contributed by atoms with E-state index in [1.54, 1.807) is 18.2 Å². The number of nitrogens with zero attached hydrogens (tertiary/aromatic N) is 1. The van der Waals surface area contributed by atoms with Crippen LogP contribution < -0.4 is 10.4 Å². The van der Waals surface area contributed by atoms with Crippen molar-refractivity contribution >= 4 is 35.2 Å². The van der Waals surface area contributed by atoms with Crippen LogP contribution in [0.15, 0.2) is 47.4 Å². The molecule has 152 valence electrons. The number of hydrogen-bond acceptors (Lipinski definition) is 5. The first-order chi connectivity index (χ1) is 13.9. The smallest absolute Gasteiger partial charge is 0.335 e. The molecule has 2 aromatic rings. The first kappa shape index (κ1) is 20.8. The van der Waals surface area contributed by atoms with Gasteiger partial charge in [0.25, 0.3) is 5.91 Å². The van der Waals surface area contributed by atoms with Crippen LogP contribution in [0.4, 0.5) is 10.1 Å². The topological polar surface area (TPSA) is 107 Å². The van der Waals surface area contributed by atoms with Crippen molar-refractivity contribution in [3.63, 3.8) is 0 Å². The van der Waals surface area contributed by atoms with E-state index in [1.807, 2.05) is 0 Å². The van der Waals surface area contributed by atoms with Gasteiger partial charge in [-0.2, -0.15) is 0 Å². The van der Waals surface area contributed by atoms with Gasteiger partial charge in [0, 0.05) is 4.90 Å². The highest BCUT2D eigenvalue weighted by molar-refractivity contribution is 8.01. The molecule has 0 aliphatic carbocycles. The molecule has 0 saturated heterocycles. The summed E-state index contributed by atoms with van der Waals surface area (Å²) in [6, 6.07) is 10.6. The first-order valence-corrected chi connectivity index (χ1v) is 9.79. The van der Waals surface area contributed by atoms with Gasteiger partial charge in [0.2, 0.25) is 5.91 Å². The van der Waals surface area contributed by atoms with E-state index in [9.17, 15) is 23.9 Å². The second kappa shape index (κ2) is 9.06. The van der Waals surface area contributed by atoms with Crippen LogP contribution in [0.2, 0.25) is 0 Å². The van der Waals surface area contributed by atoms with E-state index < -0.39 is 23.7 Å². The molecule has 1 heterocycles. The van der Waals surface area contributed by atoms with Gasteiger partial charge < -0.3 is 10.0 Å². The van der Waals surface area contributed by atoms with Crippen molar-refractivity contribution in [3.8, 4) is 0 Å². The number of anilines is 1. The molecule has 0 aromatic heterocycles. The third-order valence-corrected chi connectivity index (χ3v) is 5.90. The van der Waals surface area contributed by atoms with Crippen LogP contribution in [0.25, 0.3) is 0 Å². The third-order valence-electron chi connectivity index (χ3n) is 4.58. The molecule has 0 fully saturated rings. The molecule has 1 aliphatic heterocycles. The highest BCUT2D eigenvalue weighted by Gasteiger charge is 2.34. The SMILES string of the molecule is O=C(CN1C(=O)C(CCCc2ccc(F)cc2)Sc2ccc(C(=O)O)cc21)NO. The maximum atomic E-state index is 13.0. The number of carbonyl (C=O) groups is 3. The molecule has 1 aliphatic rings. The number of nitrogens with one attached hydrogen (secondary N) is 1. The highest BCUT2D eigenvalue weighted by Crippen LogP contribution is 2.41. The van der Waals surface area contributed by atoms with Gasteiger partial charge in [-0.05, 0) is 55.2 Å². The fourth-order valence-corrected chi connectivity index (χ4v) is 4.38. The average Bonchev–Trinajstić information content (AvgIpc) is 2.71. The second-order valence-corrected chi connectivity index (χ2v) is 7.82. The zero-order valence-corrected chi connectivity index (χ0v) is 16.1. The summed E-state index contributed by atoms with van der Waals surface area (Å²) in [5, 5.41) is 17.6. The van der Waals surface area contributed by atoms with E-state index in [0.29, 0.717) is 29.8 Å². The van der Waals surface area contributed by atoms with Crippen LogP contribution in [-0.2, 0) is 16.0 Å². The van der Waals surface area contributed by atoms with Crippen LogP contribution in [-0.4, -0.2) is 39.9 Å². The number of aromatic carboxylic acids is 1. The van der Waals surface area contributed by atoms with Gasteiger partial charge >= 0.3 is 5.97 Å². The summed E-state index contributed by atoms with van der Waals surface area (Å²) >= 11 is 1.32. The van der Waals surface area contributed by atoms with Gasteiger partial charge in [0.15, 0.2) is 0 Å². The Labute approximate surface area is 170 Å². The molecular weight excluding hydrogens is 399 g/mol. The van der Waals surface area contributed by atoms with Crippen LogP contribution in [0.3, 0.4) is 0 Å². The number of halogens is 1. The fraction of sp³-hybridized carbons (Fsp3) is 0.250. The number of carbonyl (C=O) groups excluding carboxylic acids is 2. The lowest BCUT2D eigenvalue weighted by molar-refractivity contribution is -0.129. The minimum atomic E-state index is -1.14. The number of hydroxylamine groups is 1. The Morgan fingerprint density at radius 1 is 1.17 bits per heavy atom. The molecule has 9 heteroatoms. The molecule has 1 unspecified atom stereocenters. The van der Waals surface area contributed by atoms with E-state index in [2.05, 4.69) is 0 Å². The lowest BCUT2D eigenvalue weighted by Crippen LogP contribution is -2.46. The first-order valence-electron chi connectivity index (χ1n) is 8.92. The predicted molar refractivity (Wildman–Crippen MR) is 105 cm³/mol. The Morgan fingerprint density at radius 2 is 1.90 bits per heavy atom. The normalized spacial score (nSPS) is 15.7. The number of carboxylic acid groups (broad SMARTS) is 1. The van der Waals surface area contributed by atoms with Crippen molar-refractivity contribution in [2.45, 2.75) is 29.4 Å². The standard InChI is InChI=1S/C20H19FN2O5S/c21-14-7-4-12(5-8-14)2-1-3-17-19(25)23(11-18(24)22-28)15-10-13(20(26)27)6-9-16(15)29-17/h4-10,17,28H,1-3,11H2,(H,22,24)(H,26,27). The number of benzene rings is 2. The van der Waals surface area contributed by atoms with Crippen molar-refractivity contribution in [1.29, 1.82) is 0 Å². The van der Waals surface area contributed by atoms with E-state index in [0.717, 1.165) is 5.56 Å². The quantitative estimate of drug-likeness (QED) is 0.472. The average molecular weight is 418 g/mol. The number of thioether (sulfide) groups is 1. The molecule has 1 atom stereocenters. The number of fused-ring (bicyclic) bond motifs is 1. The van der Waals surface area contributed by atoms with E-state index in [-0.39, 0.29) is 17.3 Å². The molecule has 2 amide bonds. The summed E-state index contributed by atoms with van der Waals surface area (Å²) in [6.07, 6.45) is 1.88. The monoisotopic (exact) mass is 418 g/mol. The van der Waals surface area contributed by atoms with E-state index in [4.69, 9.17) is 5.21 Å². The molecule has 0 bridgehead atoms. The minimum absolute atomic E-state index is 0.00122. The molecule has 3 rings (SSSR count). The van der Waals surface area contributed by atoms with Gasteiger partial charge in [-0.1, -0.05) is 12.1 Å². The molecule has 7 nitrogen and oxygen atoms in total. The van der Waals surface area contributed by atoms with E-state index in [1.165, 1.54) is 46.4 Å². The van der Waals surface area contributed by atoms with E-state index >= 15 is 0 Å². The third kappa shape index (κ3) is 4.93. The van der Waals surface area contributed by atoms with Crippen molar-refractivity contribution in [3.05, 3.63) is 59.4 Å². The Morgan fingerprint density at radius 3 is 2.55 bits per heavy atom. The maximum absolute atomic E-state index is 13.0. The number of carboxylic acids is 1. The molecule has 3 N–H and O–H groups in total. The molecular formula is C20H19FN2O5S. The van der Waals surface area contributed by atoms with Crippen LogP contribution >= 0.6 is 11.8 Å². The molecule has 2 aromatic carbocycles. The number of hydrogen-bond donors (Lipinski definition) is 3. The summed E-state index contributed by atoms with van der Waals surface area (Å²) in [5.41, 5.74) is 2.79. The Balaban J connectivity index is 1.77. The zero-order valence-electron chi connectivity index (χ0n) is 15.3. The summed E-state index contributed by atoms with van der Waals surface area (Å²) < 4.78 is 13.0. The van der Waals surface area contributed by atoms with Crippen LogP contribution in [0, 0.1) is 5.82 Å².